The molecule has 0 aliphatic heterocycles. The highest BCUT2D eigenvalue weighted by Crippen LogP contribution is 2.10. The van der Waals surface area contributed by atoms with Crippen molar-refractivity contribution in [2.45, 2.75) is 110 Å². The molecule has 0 heterocycles. The lowest BCUT2D eigenvalue weighted by Crippen LogP contribution is -2.05. The molecule has 136 valence electrons. The molecule has 0 aromatic carbocycles. The topological polar surface area (TPSA) is 43.4 Å². The van der Waals surface area contributed by atoms with Gasteiger partial charge in [-0.25, -0.2) is 0 Å². The lowest BCUT2D eigenvalue weighted by Gasteiger charge is -2.05. The Morgan fingerprint density at radius 1 is 0.739 bits per heavy atom. The van der Waals surface area contributed by atoms with Gasteiger partial charge in [-0.15, -0.1) is 0 Å². The van der Waals surface area contributed by atoms with Crippen molar-refractivity contribution in [2.75, 3.05) is 6.61 Å². The van der Waals surface area contributed by atoms with Gasteiger partial charge in [-0.05, 0) is 19.3 Å². The van der Waals surface area contributed by atoms with Gasteiger partial charge in [0, 0.05) is 12.8 Å². The molecule has 3 heteroatoms. The van der Waals surface area contributed by atoms with Gasteiger partial charge in [0.05, 0.1) is 6.61 Å². The van der Waals surface area contributed by atoms with Crippen LogP contribution in [0.3, 0.4) is 0 Å². The monoisotopic (exact) mass is 326 g/mol. The minimum absolute atomic E-state index is 0.0440. The number of esters is 1. The fraction of sp³-hybridized carbons (Fsp3) is 0.900. The zero-order valence-corrected chi connectivity index (χ0v) is 15.3. The first-order chi connectivity index (χ1) is 11.3. The maximum absolute atomic E-state index is 11.5. The molecule has 0 radical (unpaired) electrons. The lowest BCUT2D eigenvalue weighted by molar-refractivity contribution is -0.143. The Balaban J connectivity index is 3.14. The summed E-state index contributed by atoms with van der Waals surface area (Å²) in [7, 11) is 0. The second-order valence-corrected chi connectivity index (χ2v) is 6.52. The van der Waals surface area contributed by atoms with E-state index >= 15 is 0 Å². The fourth-order valence-electron chi connectivity index (χ4n) is 2.70. The minimum Gasteiger partial charge on any atom is -0.466 e. The van der Waals surface area contributed by atoms with Crippen LogP contribution in [-0.4, -0.2) is 18.9 Å². The van der Waals surface area contributed by atoms with Crippen LogP contribution in [0.15, 0.2) is 0 Å². The van der Waals surface area contributed by atoms with Crippen molar-refractivity contribution in [3.05, 3.63) is 0 Å². The van der Waals surface area contributed by atoms with Gasteiger partial charge in [-0.1, -0.05) is 77.6 Å². The Kier molecular flexibility index (Phi) is 18.5. The number of rotatable bonds is 18. The zero-order valence-electron chi connectivity index (χ0n) is 15.3. The van der Waals surface area contributed by atoms with E-state index < -0.39 is 0 Å². The van der Waals surface area contributed by atoms with E-state index in [1.165, 1.54) is 51.4 Å². The van der Waals surface area contributed by atoms with Gasteiger partial charge in [0.15, 0.2) is 0 Å². The van der Waals surface area contributed by atoms with Crippen LogP contribution in [0, 0.1) is 0 Å². The number of carbonyl (C=O) groups is 2. The molecule has 23 heavy (non-hydrogen) atoms. The average Bonchev–Trinajstić information content (AvgIpc) is 2.55. The van der Waals surface area contributed by atoms with E-state index in [1.54, 1.807) is 0 Å². The Labute approximate surface area is 143 Å². The predicted octanol–water partition coefficient (Wildman–Crippen LogP) is 5.99. The Hall–Kier alpha value is -0.860. The number of unbranched alkanes of at least 4 members (excludes halogenated alkanes) is 13. The summed E-state index contributed by atoms with van der Waals surface area (Å²) >= 11 is 0. The standard InChI is InChI=1S/C20H38O3/c1-2-3-4-5-6-7-10-13-16-19-23-20(22)17-14-11-8-9-12-15-18-21/h18H,2-17,19H2,1H3. The van der Waals surface area contributed by atoms with Gasteiger partial charge in [0.2, 0.25) is 0 Å². The van der Waals surface area contributed by atoms with Gasteiger partial charge >= 0.3 is 5.97 Å². The molecule has 0 atom stereocenters. The van der Waals surface area contributed by atoms with E-state index in [0.717, 1.165) is 44.8 Å². The molecular weight excluding hydrogens is 288 g/mol. The minimum atomic E-state index is -0.0440. The highest BCUT2D eigenvalue weighted by Gasteiger charge is 2.02. The molecule has 0 bridgehead atoms. The van der Waals surface area contributed by atoms with Gasteiger partial charge in [0.25, 0.3) is 0 Å². The van der Waals surface area contributed by atoms with Crippen molar-refractivity contribution in [3.8, 4) is 0 Å². The molecule has 0 unspecified atom stereocenters. The zero-order chi connectivity index (χ0) is 17.0. The largest absolute Gasteiger partial charge is 0.466 e. The van der Waals surface area contributed by atoms with E-state index in [-0.39, 0.29) is 5.97 Å². The summed E-state index contributed by atoms with van der Waals surface area (Å²) in [6, 6.07) is 0. The smallest absolute Gasteiger partial charge is 0.305 e. The lowest BCUT2D eigenvalue weighted by atomic mass is 10.1. The highest BCUT2D eigenvalue weighted by atomic mass is 16.5. The van der Waals surface area contributed by atoms with Crippen LogP contribution >= 0.6 is 0 Å². The summed E-state index contributed by atoms with van der Waals surface area (Å²) in [4.78, 5) is 21.7. The Bertz CT molecular complexity index is 264. The van der Waals surface area contributed by atoms with Gasteiger partial charge in [-0.3, -0.25) is 4.79 Å². The molecule has 0 aliphatic carbocycles. The molecule has 0 saturated carbocycles. The number of hydrogen-bond acceptors (Lipinski definition) is 3. The molecular formula is C20H38O3. The molecule has 0 aliphatic rings. The summed E-state index contributed by atoms with van der Waals surface area (Å²) in [5, 5.41) is 0. The van der Waals surface area contributed by atoms with Crippen LogP contribution in [0.4, 0.5) is 0 Å². The van der Waals surface area contributed by atoms with Crippen LogP contribution in [-0.2, 0) is 14.3 Å². The third kappa shape index (κ3) is 19.1. The normalized spacial score (nSPS) is 10.7. The summed E-state index contributed by atoms with van der Waals surface area (Å²) < 4.78 is 5.26. The van der Waals surface area contributed by atoms with Crippen LogP contribution < -0.4 is 0 Å². The second-order valence-electron chi connectivity index (χ2n) is 6.52. The fourth-order valence-corrected chi connectivity index (χ4v) is 2.70. The van der Waals surface area contributed by atoms with E-state index in [1.807, 2.05) is 0 Å². The van der Waals surface area contributed by atoms with Gasteiger partial charge < -0.3 is 9.53 Å². The summed E-state index contributed by atoms with van der Waals surface area (Å²) in [6.07, 6.45) is 18.9. The molecule has 0 N–H and O–H groups in total. The summed E-state index contributed by atoms with van der Waals surface area (Å²) in [6.45, 7) is 2.84. The predicted molar refractivity (Wildman–Crippen MR) is 96.6 cm³/mol. The number of carbonyl (C=O) groups excluding carboxylic acids is 2. The molecule has 0 saturated heterocycles. The first-order valence-corrected chi connectivity index (χ1v) is 9.90. The molecule has 0 fully saturated rings. The van der Waals surface area contributed by atoms with E-state index in [9.17, 15) is 9.59 Å². The summed E-state index contributed by atoms with van der Waals surface area (Å²) in [5.74, 6) is -0.0440. The summed E-state index contributed by atoms with van der Waals surface area (Å²) in [5.41, 5.74) is 0. The molecule has 0 amide bonds. The molecule has 3 nitrogen and oxygen atoms in total. The second kappa shape index (κ2) is 19.2. The number of hydrogen-bond donors (Lipinski definition) is 0. The van der Waals surface area contributed by atoms with E-state index in [4.69, 9.17) is 4.74 Å². The van der Waals surface area contributed by atoms with Crippen molar-refractivity contribution >= 4 is 12.3 Å². The van der Waals surface area contributed by atoms with Crippen LogP contribution in [0.5, 0.6) is 0 Å². The molecule has 0 aromatic heterocycles. The first kappa shape index (κ1) is 22.1. The average molecular weight is 327 g/mol. The van der Waals surface area contributed by atoms with Gasteiger partial charge in [-0.2, -0.15) is 0 Å². The molecule has 0 aromatic rings. The molecule has 0 spiro atoms. The number of ether oxygens (including phenoxy) is 1. The van der Waals surface area contributed by atoms with Crippen molar-refractivity contribution < 1.29 is 14.3 Å². The molecule has 0 rings (SSSR count). The van der Waals surface area contributed by atoms with Gasteiger partial charge in [0.1, 0.15) is 6.29 Å². The maximum Gasteiger partial charge on any atom is 0.305 e. The number of aldehydes is 1. The van der Waals surface area contributed by atoms with Crippen molar-refractivity contribution in [1.29, 1.82) is 0 Å². The van der Waals surface area contributed by atoms with E-state index in [0.29, 0.717) is 19.4 Å². The van der Waals surface area contributed by atoms with Crippen LogP contribution in [0.1, 0.15) is 110 Å². The third-order valence-corrected chi connectivity index (χ3v) is 4.21. The highest BCUT2D eigenvalue weighted by molar-refractivity contribution is 5.69. The first-order valence-electron chi connectivity index (χ1n) is 9.90. The van der Waals surface area contributed by atoms with Crippen molar-refractivity contribution in [3.63, 3.8) is 0 Å². The third-order valence-electron chi connectivity index (χ3n) is 4.21. The Morgan fingerprint density at radius 2 is 1.26 bits per heavy atom. The SMILES string of the molecule is CCCCCCCCCCCOC(=O)CCCCCCCC=O. The van der Waals surface area contributed by atoms with Crippen molar-refractivity contribution in [2.24, 2.45) is 0 Å². The Morgan fingerprint density at radius 3 is 1.87 bits per heavy atom. The van der Waals surface area contributed by atoms with Crippen molar-refractivity contribution in [1.82, 2.24) is 0 Å². The van der Waals surface area contributed by atoms with Crippen LogP contribution in [0.25, 0.3) is 0 Å². The van der Waals surface area contributed by atoms with Crippen LogP contribution in [0.2, 0.25) is 0 Å². The quantitative estimate of drug-likeness (QED) is 0.176. The van der Waals surface area contributed by atoms with E-state index in [2.05, 4.69) is 6.92 Å². The maximum atomic E-state index is 11.5.